The fraction of sp³-hybridized carbons (Fsp3) is 0.632. The van der Waals surface area contributed by atoms with Crippen LogP contribution in [0.15, 0.2) is 18.3 Å². The van der Waals surface area contributed by atoms with Crippen LogP contribution in [0.2, 0.25) is 0 Å². The molecule has 1 aromatic heterocycles. The minimum Gasteiger partial charge on any atom is -0.490 e. The summed E-state index contributed by atoms with van der Waals surface area (Å²) in [5.74, 6) is 1.71. The molecule has 1 aliphatic carbocycles. The third-order valence-electron chi connectivity index (χ3n) is 5.53. The van der Waals surface area contributed by atoms with Crippen LogP contribution in [0.1, 0.15) is 37.7 Å². The molecule has 2 fully saturated rings. The second-order valence-corrected chi connectivity index (χ2v) is 7.25. The molecule has 2 N–H and O–H groups in total. The molecule has 2 heterocycles. The van der Waals surface area contributed by atoms with Crippen LogP contribution < -0.4 is 10.1 Å². The standard InChI is InChI=1S/C19H27N3O2/c1-13-17-11-21-22-18(17)6-7-19(13)24-16-4-2-15(3-5-16)20-10-14-8-9-23-12-14/h6-7,11,14-16,20H,2-5,8-10,12H2,1H3,(H,21,22). The number of benzene rings is 1. The number of hydrogen-bond donors (Lipinski definition) is 2. The highest BCUT2D eigenvalue weighted by Gasteiger charge is 2.24. The summed E-state index contributed by atoms with van der Waals surface area (Å²) in [5, 5.41) is 12.0. The van der Waals surface area contributed by atoms with E-state index in [2.05, 4.69) is 34.6 Å². The summed E-state index contributed by atoms with van der Waals surface area (Å²) in [5.41, 5.74) is 2.26. The molecule has 4 rings (SSSR count). The molecule has 1 atom stereocenters. The summed E-state index contributed by atoms with van der Waals surface area (Å²) < 4.78 is 11.7. The molecule has 1 saturated heterocycles. The Morgan fingerprint density at radius 1 is 1.25 bits per heavy atom. The second kappa shape index (κ2) is 7.11. The normalized spacial score (nSPS) is 27.6. The lowest BCUT2D eigenvalue weighted by Gasteiger charge is -2.30. The molecule has 2 aromatic rings. The van der Waals surface area contributed by atoms with Crippen LogP contribution in [0.5, 0.6) is 5.75 Å². The van der Waals surface area contributed by atoms with Crippen LogP contribution in [-0.2, 0) is 4.74 Å². The van der Waals surface area contributed by atoms with Gasteiger partial charge in [-0.15, -0.1) is 0 Å². The van der Waals surface area contributed by atoms with E-state index in [1.54, 1.807) is 0 Å². The molecule has 1 aliphatic heterocycles. The third-order valence-corrected chi connectivity index (χ3v) is 5.53. The molecular weight excluding hydrogens is 302 g/mol. The van der Waals surface area contributed by atoms with Crippen molar-refractivity contribution in [3.63, 3.8) is 0 Å². The molecule has 5 nitrogen and oxygen atoms in total. The number of rotatable bonds is 5. The lowest BCUT2D eigenvalue weighted by atomic mass is 9.92. The summed E-state index contributed by atoms with van der Waals surface area (Å²) in [4.78, 5) is 0. The molecule has 0 spiro atoms. The maximum atomic E-state index is 6.30. The summed E-state index contributed by atoms with van der Waals surface area (Å²) in [6, 6.07) is 4.77. The van der Waals surface area contributed by atoms with E-state index in [9.17, 15) is 0 Å². The Hall–Kier alpha value is -1.59. The zero-order chi connectivity index (χ0) is 16.4. The third kappa shape index (κ3) is 3.42. The molecule has 0 amide bonds. The second-order valence-electron chi connectivity index (χ2n) is 7.25. The van der Waals surface area contributed by atoms with E-state index in [0.717, 1.165) is 49.3 Å². The van der Waals surface area contributed by atoms with Crippen molar-refractivity contribution in [3.8, 4) is 5.75 Å². The Morgan fingerprint density at radius 2 is 2.12 bits per heavy atom. The maximum Gasteiger partial charge on any atom is 0.123 e. The van der Waals surface area contributed by atoms with Crippen molar-refractivity contribution in [1.29, 1.82) is 0 Å². The van der Waals surface area contributed by atoms with Crippen LogP contribution in [0.25, 0.3) is 10.9 Å². The number of aryl methyl sites for hydroxylation is 1. The summed E-state index contributed by atoms with van der Waals surface area (Å²) in [7, 11) is 0. The monoisotopic (exact) mass is 329 g/mol. The van der Waals surface area contributed by atoms with Gasteiger partial charge in [-0.25, -0.2) is 0 Å². The van der Waals surface area contributed by atoms with Gasteiger partial charge in [0.1, 0.15) is 5.75 Å². The minimum atomic E-state index is 0.334. The van der Waals surface area contributed by atoms with Crippen LogP contribution >= 0.6 is 0 Å². The Labute approximate surface area is 143 Å². The highest BCUT2D eigenvalue weighted by atomic mass is 16.5. The lowest BCUT2D eigenvalue weighted by molar-refractivity contribution is 0.136. The molecule has 5 heteroatoms. The van der Waals surface area contributed by atoms with Gasteiger partial charge in [-0.3, -0.25) is 5.10 Å². The SMILES string of the molecule is Cc1c(OC2CCC(NCC3CCOC3)CC2)ccc2[nH]ncc12. The van der Waals surface area contributed by atoms with Crippen molar-refractivity contribution in [2.75, 3.05) is 19.8 Å². The zero-order valence-corrected chi connectivity index (χ0v) is 14.4. The van der Waals surface area contributed by atoms with Gasteiger partial charge in [0.2, 0.25) is 0 Å². The highest BCUT2D eigenvalue weighted by molar-refractivity contribution is 5.83. The van der Waals surface area contributed by atoms with Gasteiger partial charge in [0, 0.05) is 30.1 Å². The Balaban J connectivity index is 1.28. The lowest BCUT2D eigenvalue weighted by Crippen LogP contribution is -2.38. The van der Waals surface area contributed by atoms with E-state index in [-0.39, 0.29) is 0 Å². The number of ether oxygens (including phenoxy) is 2. The van der Waals surface area contributed by atoms with E-state index >= 15 is 0 Å². The van der Waals surface area contributed by atoms with Crippen molar-refractivity contribution in [1.82, 2.24) is 15.5 Å². The van der Waals surface area contributed by atoms with Gasteiger partial charge < -0.3 is 14.8 Å². The van der Waals surface area contributed by atoms with E-state index < -0.39 is 0 Å². The van der Waals surface area contributed by atoms with Gasteiger partial charge >= 0.3 is 0 Å². The van der Waals surface area contributed by atoms with Gasteiger partial charge in [-0.1, -0.05) is 0 Å². The van der Waals surface area contributed by atoms with Crippen LogP contribution in [-0.4, -0.2) is 42.1 Å². The number of aromatic amines is 1. The first-order chi connectivity index (χ1) is 11.8. The summed E-state index contributed by atoms with van der Waals surface area (Å²) in [6.45, 7) is 5.09. The van der Waals surface area contributed by atoms with Crippen LogP contribution in [0.3, 0.4) is 0 Å². The minimum absolute atomic E-state index is 0.334. The van der Waals surface area contributed by atoms with Crippen molar-refractivity contribution in [3.05, 3.63) is 23.9 Å². The molecule has 24 heavy (non-hydrogen) atoms. The number of fused-ring (bicyclic) bond motifs is 1. The fourth-order valence-corrected chi connectivity index (χ4v) is 3.91. The number of nitrogens with one attached hydrogen (secondary N) is 2. The zero-order valence-electron chi connectivity index (χ0n) is 14.4. The Kier molecular flexibility index (Phi) is 4.72. The van der Waals surface area contributed by atoms with E-state index in [1.807, 2.05) is 6.20 Å². The Morgan fingerprint density at radius 3 is 2.92 bits per heavy atom. The molecule has 1 saturated carbocycles. The fourth-order valence-electron chi connectivity index (χ4n) is 3.91. The quantitative estimate of drug-likeness (QED) is 0.884. The largest absolute Gasteiger partial charge is 0.490 e. The molecular formula is C19H27N3O2. The van der Waals surface area contributed by atoms with E-state index in [0.29, 0.717) is 18.1 Å². The average molecular weight is 329 g/mol. The van der Waals surface area contributed by atoms with Crippen molar-refractivity contribution in [2.45, 2.75) is 51.2 Å². The maximum absolute atomic E-state index is 6.30. The van der Waals surface area contributed by atoms with E-state index in [4.69, 9.17) is 9.47 Å². The van der Waals surface area contributed by atoms with Crippen LogP contribution in [0, 0.1) is 12.8 Å². The predicted octanol–water partition coefficient (Wildman–Crippen LogP) is 3.19. The summed E-state index contributed by atoms with van der Waals surface area (Å²) >= 11 is 0. The van der Waals surface area contributed by atoms with Gasteiger partial charge in [0.05, 0.1) is 24.4 Å². The molecule has 130 valence electrons. The van der Waals surface area contributed by atoms with Crippen molar-refractivity contribution < 1.29 is 9.47 Å². The molecule has 1 unspecified atom stereocenters. The summed E-state index contributed by atoms with van der Waals surface area (Å²) in [6.07, 6.45) is 8.08. The molecule has 0 bridgehead atoms. The van der Waals surface area contributed by atoms with Crippen molar-refractivity contribution in [2.24, 2.45) is 5.92 Å². The molecule has 1 aromatic carbocycles. The van der Waals surface area contributed by atoms with Gasteiger partial charge in [-0.05, 0) is 57.1 Å². The van der Waals surface area contributed by atoms with Gasteiger partial charge in [0.25, 0.3) is 0 Å². The highest BCUT2D eigenvalue weighted by Crippen LogP contribution is 2.30. The Bertz CT molecular complexity index is 670. The van der Waals surface area contributed by atoms with Gasteiger partial charge in [-0.2, -0.15) is 5.10 Å². The molecule has 0 radical (unpaired) electrons. The number of hydrogen-bond acceptors (Lipinski definition) is 4. The van der Waals surface area contributed by atoms with E-state index in [1.165, 1.54) is 24.8 Å². The first-order valence-electron chi connectivity index (χ1n) is 9.20. The smallest absolute Gasteiger partial charge is 0.123 e. The van der Waals surface area contributed by atoms with Crippen molar-refractivity contribution >= 4 is 10.9 Å². The van der Waals surface area contributed by atoms with Crippen LogP contribution in [0.4, 0.5) is 0 Å². The topological polar surface area (TPSA) is 59.2 Å². The molecule has 2 aliphatic rings. The first kappa shape index (κ1) is 15.9. The number of H-pyrrole nitrogens is 1. The average Bonchev–Trinajstić information content (AvgIpc) is 3.28. The predicted molar refractivity (Wildman–Crippen MR) is 94.4 cm³/mol. The number of aromatic nitrogens is 2. The van der Waals surface area contributed by atoms with Gasteiger partial charge in [0.15, 0.2) is 0 Å². The first-order valence-corrected chi connectivity index (χ1v) is 9.20. The number of nitrogens with zero attached hydrogens (tertiary/aromatic N) is 1.